The van der Waals surface area contributed by atoms with Crippen molar-refractivity contribution in [3.8, 4) is 11.5 Å². The van der Waals surface area contributed by atoms with Crippen molar-refractivity contribution in [3.63, 3.8) is 0 Å². The fourth-order valence-electron chi connectivity index (χ4n) is 2.26. The van der Waals surface area contributed by atoms with E-state index in [1.54, 1.807) is 0 Å². The van der Waals surface area contributed by atoms with Crippen LogP contribution in [0.25, 0.3) is 0 Å². The standard InChI is InChI=1S/C13H14O3/c14-7-11(9-4-5-9)6-10-2-1-3-12-13(10)16-8-15-12/h1-3,7,9,11H,4-6,8H2. The van der Waals surface area contributed by atoms with Crippen molar-refractivity contribution in [2.45, 2.75) is 19.3 Å². The van der Waals surface area contributed by atoms with Crippen molar-refractivity contribution in [2.75, 3.05) is 6.79 Å². The van der Waals surface area contributed by atoms with Gasteiger partial charge in [-0.3, -0.25) is 0 Å². The van der Waals surface area contributed by atoms with Crippen LogP contribution in [0.5, 0.6) is 11.5 Å². The first-order valence-corrected chi connectivity index (χ1v) is 5.71. The van der Waals surface area contributed by atoms with E-state index in [2.05, 4.69) is 0 Å². The molecule has 3 nitrogen and oxygen atoms in total. The van der Waals surface area contributed by atoms with Gasteiger partial charge in [0.25, 0.3) is 0 Å². The van der Waals surface area contributed by atoms with Crippen LogP contribution in [0.1, 0.15) is 18.4 Å². The molecule has 0 amide bonds. The van der Waals surface area contributed by atoms with Crippen molar-refractivity contribution in [2.24, 2.45) is 11.8 Å². The molecule has 3 rings (SSSR count). The zero-order valence-electron chi connectivity index (χ0n) is 9.02. The zero-order chi connectivity index (χ0) is 11.0. The van der Waals surface area contributed by atoms with Crippen LogP contribution in [0.4, 0.5) is 0 Å². The zero-order valence-corrected chi connectivity index (χ0v) is 9.02. The third-order valence-electron chi connectivity index (χ3n) is 3.34. The van der Waals surface area contributed by atoms with Crippen LogP contribution in [0.15, 0.2) is 18.2 Å². The van der Waals surface area contributed by atoms with Gasteiger partial charge in [-0.25, -0.2) is 0 Å². The van der Waals surface area contributed by atoms with E-state index >= 15 is 0 Å². The minimum absolute atomic E-state index is 0.149. The van der Waals surface area contributed by atoms with E-state index in [4.69, 9.17) is 9.47 Å². The SMILES string of the molecule is O=CC(Cc1cccc2c1OCO2)C1CC1. The summed E-state index contributed by atoms with van der Waals surface area (Å²) in [5.41, 5.74) is 1.10. The lowest BCUT2D eigenvalue weighted by atomic mass is 9.95. The second kappa shape index (κ2) is 3.81. The summed E-state index contributed by atoms with van der Waals surface area (Å²) in [5.74, 6) is 2.37. The van der Waals surface area contributed by atoms with E-state index < -0.39 is 0 Å². The average molecular weight is 218 g/mol. The summed E-state index contributed by atoms with van der Waals surface area (Å²) in [6, 6.07) is 5.88. The van der Waals surface area contributed by atoms with E-state index in [1.165, 1.54) is 12.8 Å². The summed E-state index contributed by atoms with van der Waals surface area (Å²) in [4.78, 5) is 11.0. The Kier molecular flexibility index (Phi) is 2.31. The van der Waals surface area contributed by atoms with Crippen molar-refractivity contribution in [1.82, 2.24) is 0 Å². The van der Waals surface area contributed by atoms with Crippen LogP contribution in [-0.2, 0) is 11.2 Å². The van der Waals surface area contributed by atoms with E-state index in [-0.39, 0.29) is 5.92 Å². The smallest absolute Gasteiger partial charge is 0.231 e. The first kappa shape index (κ1) is 9.70. The van der Waals surface area contributed by atoms with Crippen LogP contribution in [0.3, 0.4) is 0 Å². The third kappa shape index (κ3) is 1.66. The van der Waals surface area contributed by atoms with Crippen molar-refractivity contribution in [3.05, 3.63) is 23.8 Å². The lowest BCUT2D eigenvalue weighted by Crippen LogP contribution is -2.09. The highest BCUT2D eigenvalue weighted by atomic mass is 16.7. The van der Waals surface area contributed by atoms with E-state index in [0.29, 0.717) is 12.7 Å². The summed E-state index contributed by atoms with van der Waals surface area (Å²) in [6.07, 6.45) is 4.25. The summed E-state index contributed by atoms with van der Waals surface area (Å²) in [7, 11) is 0. The predicted octanol–water partition coefficient (Wildman–Crippen LogP) is 2.18. The molecule has 1 unspecified atom stereocenters. The molecule has 0 saturated heterocycles. The van der Waals surface area contributed by atoms with Crippen LogP contribution in [-0.4, -0.2) is 13.1 Å². The number of carbonyl (C=O) groups is 1. The first-order valence-electron chi connectivity index (χ1n) is 5.71. The van der Waals surface area contributed by atoms with Gasteiger partial charge in [0.05, 0.1) is 0 Å². The van der Waals surface area contributed by atoms with E-state index in [9.17, 15) is 4.79 Å². The summed E-state index contributed by atoms with van der Waals surface area (Å²) in [6.45, 7) is 0.293. The quantitative estimate of drug-likeness (QED) is 0.727. The first-order chi connectivity index (χ1) is 7.88. The fourth-order valence-corrected chi connectivity index (χ4v) is 2.26. The molecule has 0 aromatic heterocycles. The highest BCUT2D eigenvalue weighted by molar-refractivity contribution is 5.57. The van der Waals surface area contributed by atoms with Gasteiger partial charge in [0.15, 0.2) is 11.5 Å². The minimum atomic E-state index is 0.149. The lowest BCUT2D eigenvalue weighted by molar-refractivity contribution is -0.111. The van der Waals surface area contributed by atoms with Crippen LogP contribution in [0, 0.1) is 11.8 Å². The molecule has 16 heavy (non-hydrogen) atoms. The second-order valence-corrected chi connectivity index (χ2v) is 4.49. The Morgan fingerprint density at radius 3 is 3.00 bits per heavy atom. The molecule has 2 aliphatic rings. The second-order valence-electron chi connectivity index (χ2n) is 4.49. The van der Waals surface area contributed by atoms with E-state index in [1.807, 2.05) is 18.2 Å². The molecule has 1 heterocycles. The van der Waals surface area contributed by atoms with Gasteiger partial charge in [-0.05, 0) is 36.8 Å². The number of ether oxygens (including phenoxy) is 2. The van der Waals surface area contributed by atoms with Crippen LogP contribution < -0.4 is 9.47 Å². The largest absolute Gasteiger partial charge is 0.454 e. The maximum Gasteiger partial charge on any atom is 0.231 e. The summed E-state index contributed by atoms with van der Waals surface area (Å²) < 4.78 is 10.8. The predicted molar refractivity (Wildman–Crippen MR) is 58.5 cm³/mol. The van der Waals surface area contributed by atoms with Gasteiger partial charge >= 0.3 is 0 Å². The van der Waals surface area contributed by atoms with Crippen molar-refractivity contribution in [1.29, 1.82) is 0 Å². The Morgan fingerprint density at radius 1 is 1.38 bits per heavy atom. The number of aldehydes is 1. The van der Waals surface area contributed by atoms with Crippen molar-refractivity contribution < 1.29 is 14.3 Å². The van der Waals surface area contributed by atoms with Gasteiger partial charge < -0.3 is 14.3 Å². The minimum Gasteiger partial charge on any atom is -0.454 e. The van der Waals surface area contributed by atoms with Gasteiger partial charge in [0.2, 0.25) is 6.79 Å². The molecule has 1 aromatic rings. The molecule has 1 saturated carbocycles. The number of hydrogen-bond donors (Lipinski definition) is 0. The van der Waals surface area contributed by atoms with Gasteiger partial charge in [-0.1, -0.05) is 12.1 Å². The number of benzene rings is 1. The highest BCUT2D eigenvalue weighted by Crippen LogP contribution is 2.41. The van der Waals surface area contributed by atoms with Gasteiger partial charge in [0, 0.05) is 5.92 Å². The normalized spacial score (nSPS) is 19.5. The van der Waals surface area contributed by atoms with Crippen LogP contribution >= 0.6 is 0 Å². The van der Waals surface area contributed by atoms with Gasteiger partial charge in [0.1, 0.15) is 6.29 Å². The maximum atomic E-state index is 11.0. The molecule has 1 aliphatic heterocycles. The molecule has 1 atom stereocenters. The topological polar surface area (TPSA) is 35.5 Å². The molecule has 1 fully saturated rings. The van der Waals surface area contributed by atoms with Crippen LogP contribution in [0.2, 0.25) is 0 Å². The number of rotatable bonds is 4. The summed E-state index contributed by atoms with van der Waals surface area (Å²) >= 11 is 0. The van der Waals surface area contributed by atoms with Gasteiger partial charge in [-0.2, -0.15) is 0 Å². The molecule has 1 aliphatic carbocycles. The molecule has 3 heteroatoms. The average Bonchev–Trinajstić information content (AvgIpc) is 3.03. The Morgan fingerprint density at radius 2 is 2.25 bits per heavy atom. The van der Waals surface area contributed by atoms with Gasteiger partial charge in [-0.15, -0.1) is 0 Å². The lowest BCUT2D eigenvalue weighted by Gasteiger charge is -2.10. The number of fused-ring (bicyclic) bond motifs is 1. The molecular formula is C13H14O3. The molecular weight excluding hydrogens is 204 g/mol. The highest BCUT2D eigenvalue weighted by Gasteiger charge is 2.32. The fraction of sp³-hybridized carbons (Fsp3) is 0.462. The third-order valence-corrected chi connectivity index (χ3v) is 3.34. The number of para-hydroxylation sites is 1. The molecule has 0 bridgehead atoms. The Labute approximate surface area is 94.4 Å². The Hall–Kier alpha value is -1.51. The molecule has 0 N–H and O–H groups in total. The number of carbonyl (C=O) groups excluding carboxylic acids is 1. The molecule has 0 spiro atoms. The molecule has 84 valence electrons. The Bertz CT molecular complexity index is 410. The van der Waals surface area contributed by atoms with Crippen molar-refractivity contribution >= 4 is 6.29 Å². The molecule has 0 radical (unpaired) electrons. The number of hydrogen-bond acceptors (Lipinski definition) is 3. The van der Waals surface area contributed by atoms with E-state index in [0.717, 1.165) is 29.8 Å². The monoisotopic (exact) mass is 218 g/mol. The molecule has 1 aromatic carbocycles. The summed E-state index contributed by atoms with van der Waals surface area (Å²) in [5, 5.41) is 0. The maximum absolute atomic E-state index is 11.0. The Balaban J connectivity index is 1.83.